The zero-order valence-electron chi connectivity index (χ0n) is 84.4. The molecule has 0 radical (unpaired) electrons. The second-order valence-corrected chi connectivity index (χ2v) is 43.8. The van der Waals surface area contributed by atoms with Gasteiger partial charge < -0.3 is 107 Å². The van der Waals surface area contributed by atoms with Crippen molar-refractivity contribution in [1.29, 1.82) is 0 Å². The number of carboxylic acids is 6. The number of β-lactam (4-membered cyclic amide) rings is 6. The molecule has 12 fully saturated rings. The van der Waals surface area contributed by atoms with E-state index < -0.39 is 108 Å². The summed E-state index contributed by atoms with van der Waals surface area (Å²) in [5.41, 5.74) is 17.6. The largest absolute Gasteiger partial charge is 0.477 e. The van der Waals surface area contributed by atoms with Crippen LogP contribution in [0.5, 0.6) is 0 Å². The van der Waals surface area contributed by atoms with Gasteiger partial charge in [0.1, 0.15) is 34.2 Å². The van der Waals surface area contributed by atoms with E-state index in [0.717, 1.165) is 151 Å². The number of carbonyl (C=O) groups excluding carboxylic acids is 6. The van der Waals surface area contributed by atoms with E-state index in [4.69, 9.17) is 11.5 Å². The van der Waals surface area contributed by atoms with Crippen molar-refractivity contribution >= 4 is 71.3 Å². The number of fused-ring (bicyclic) bond motifs is 6. The minimum atomic E-state index is -1.07. The van der Waals surface area contributed by atoms with Gasteiger partial charge in [0.25, 0.3) is 0 Å². The maximum atomic E-state index is 12.4. The number of hydrogen-bond donors (Lipinski definition) is 15. The lowest BCUT2D eigenvalue weighted by molar-refractivity contribution is -0.163. The minimum absolute atomic E-state index is 0.00990. The van der Waals surface area contributed by atoms with E-state index in [-0.39, 0.29) is 141 Å². The molecule has 0 aromatic heterocycles. The van der Waals surface area contributed by atoms with Gasteiger partial charge in [-0.25, -0.2) is 28.8 Å². The Hall–Kier alpha value is -9.78. The molecule has 18 rings (SSSR count). The minimum Gasteiger partial charge on any atom is -0.477 e. The van der Waals surface area contributed by atoms with Crippen molar-refractivity contribution in [2.75, 3.05) is 124 Å². The lowest BCUT2D eigenvalue weighted by Crippen LogP contribution is -2.63. The number of nitrogens with two attached hydrogens (primary N) is 2. The van der Waals surface area contributed by atoms with Gasteiger partial charge in [-0.1, -0.05) is 88.0 Å². The molecule has 0 aromatic carbocycles. The van der Waals surface area contributed by atoms with E-state index in [0.29, 0.717) is 86.3 Å². The molecule has 18 heterocycles. The van der Waals surface area contributed by atoms with Crippen molar-refractivity contribution in [2.24, 2.45) is 118 Å². The number of likely N-dealkylation sites (tertiary alicyclic amines) is 6. The summed E-state index contributed by atoms with van der Waals surface area (Å²) in [6.45, 7) is 54.6. The SMILES string of the molecule is C=C(N)CC1CN(CC2=C(C(=O)O)N3C(=O)C([C@@H](C)O)C3[C@H]2C)C1.C=C(N)NC[C@H]1CCN(CC2=C(C(=O)O)N3C(=O)C([C@@H](C)O)C3[C@H]2C)C1.C=CC[C@H]1CCN(CC2=C(C(=O)O)N3C(=O)C([C@@H](C)O)C3[C@H]2C)C1.CC1CN(CC2=C(C(=O)O)N3C(=O)C([C@@H](C)O)C3[C@H]2C)C1.CCC[C@H]1CCN(CC2=C(C(=O)O)N3C(=O)C([C@@H](C)O)C3[C@H]2C)C1.C[C@H]1CCN(CC2=C(C(=O)O)N3C(=O)C([C@@H](C)O)C3[C@H]2C)C1. The molecule has 780 valence electrons. The molecule has 39 heteroatoms. The van der Waals surface area contributed by atoms with Gasteiger partial charge >= 0.3 is 35.8 Å². The molecule has 0 saturated carbocycles. The summed E-state index contributed by atoms with van der Waals surface area (Å²) in [6.07, 6.45) is 6.00. The average molecular weight is 1970 g/mol. The van der Waals surface area contributed by atoms with Crippen LogP contribution in [0, 0.1) is 107 Å². The summed E-state index contributed by atoms with van der Waals surface area (Å²) >= 11 is 0. The van der Waals surface area contributed by atoms with E-state index in [2.05, 4.69) is 75.2 Å². The van der Waals surface area contributed by atoms with Gasteiger partial charge in [-0.3, -0.25) is 58.2 Å². The summed E-state index contributed by atoms with van der Waals surface area (Å²) in [7, 11) is 0. The number of nitrogens with one attached hydrogen (secondary N) is 1. The molecule has 0 spiro atoms. The summed E-state index contributed by atoms with van der Waals surface area (Å²) < 4.78 is 0. The third kappa shape index (κ3) is 20.7. The molecule has 0 aliphatic carbocycles. The zero-order chi connectivity index (χ0) is 104. The number of allylic oxidation sites excluding steroid dienone is 2. The fraction of sp³-hybridized carbons (Fsp3) is 0.706. The van der Waals surface area contributed by atoms with E-state index >= 15 is 0 Å². The zero-order valence-corrected chi connectivity index (χ0v) is 84.4. The molecule has 12 saturated heterocycles. The fourth-order valence-electron chi connectivity index (χ4n) is 26.7. The van der Waals surface area contributed by atoms with E-state index in [1.807, 2.05) is 47.6 Å². The topological polar surface area (TPSA) is 551 Å². The predicted molar refractivity (Wildman–Crippen MR) is 516 cm³/mol. The highest BCUT2D eigenvalue weighted by molar-refractivity contribution is 6.04. The van der Waals surface area contributed by atoms with Crippen LogP contribution in [0.4, 0.5) is 0 Å². The van der Waals surface area contributed by atoms with Crippen molar-refractivity contribution in [3.63, 3.8) is 0 Å². The van der Waals surface area contributed by atoms with Crippen LogP contribution in [0.3, 0.4) is 0 Å². The Morgan fingerprint density at radius 2 is 0.574 bits per heavy atom. The van der Waals surface area contributed by atoms with Crippen LogP contribution >= 0.6 is 0 Å². The number of nitrogens with zero attached hydrogens (tertiary/aromatic N) is 12. The third-order valence-electron chi connectivity index (χ3n) is 33.6. The third-order valence-corrected chi connectivity index (χ3v) is 33.6. The number of aliphatic carboxylic acids is 6. The van der Waals surface area contributed by atoms with E-state index in [1.165, 1.54) is 48.7 Å². The standard InChI is InChI=1S/C18H28N4O4.C18H28N2O4.C18H26N2O4.C17H25N3O4.C16H24N2O4.C15H22N2O4/c1-9-13(8-21-5-4-12(7-21)6-20-11(3)19)16(18(25)26)22-15(9)14(10(2)23)17(22)24;2*1-4-5-12-6-7-19(8-12)9-13-10(2)15-14(11(3)21)17(22)20(15)16(13)18(23)24;1-8(18)4-11-5-19(6-11)7-12-9(2)14-13(10(3)21)16(22)20(14)15(12)17(23)24;1-8-4-5-17(6-8)7-11-9(2)13-12(10(3)19)15(20)18(13)14(11)16(21)22;1-7-4-16(5-7)6-10-8(2)12-11(9(3)18)14(19)17(12)13(10)15(20)21/h9-10,12,14-15,20,23H,3-8,19H2,1-2H3,(H,25,26);10-12,14-15,21H,4-9H2,1-3H3,(H,23,24);4,10-12,14-15,21H,1,5-9H2,2-3H3,(H,23,24);9-11,13-14,21H,1,4-7,18H2,2-3H3,(H,23,24);8-10,12-13,19H,4-7H2,1-3H3,(H,21,22);7-9,11-12,18H,4-6H2,1-3H3,(H,20,21)/t9-,10+,12+,14?,15?;2*10-,11+,12-,14?,15?;9-,10+,13?,14?;8-,9-,10+,12?,13?;8-,9+,11?,12?/m000000/s1. The Bertz CT molecular complexity index is 5100. The number of amides is 6. The van der Waals surface area contributed by atoms with Crippen LogP contribution < -0.4 is 16.8 Å². The summed E-state index contributed by atoms with van der Waals surface area (Å²) in [4.78, 5) is 166. The summed E-state index contributed by atoms with van der Waals surface area (Å²) in [5, 5.41) is 120. The Balaban J connectivity index is 0.000000142. The molecule has 141 heavy (non-hydrogen) atoms. The first kappa shape index (κ1) is 108. The van der Waals surface area contributed by atoms with Crippen LogP contribution in [-0.4, -0.2) is 389 Å². The second kappa shape index (κ2) is 43.6. The van der Waals surface area contributed by atoms with E-state index in [9.17, 15) is 119 Å². The average Bonchev–Trinajstić information content (AvgIpc) is 1.58. The Morgan fingerprint density at radius 3 is 0.809 bits per heavy atom. The summed E-state index contributed by atoms with van der Waals surface area (Å²) in [6, 6.07) is -1.30. The fourth-order valence-corrected chi connectivity index (χ4v) is 26.7. The number of hydrogen-bond acceptors (Lipinski definition) is 27. The molecule has 18 aliphatic heterocycles. The molecule has 0 bridgehead atoms. The lowest BCUT2D eigenvalue weighted by atomic mass is 9.77. The lowest BCUT2D eigenvalue weighted by Gasteiger charge is -2.46. The quantitative estimate of drug-likeness (QED) is 0.0331. The first-order chi connectivity index (χ1) is 66.3. The maximum absolute atomic E-state index is 12.4. The first-order valence-electron chi connectivity index (χ1n) is 50.7. The van der Waals surface area contributed by atoms with Gasteiger partial charge in [-0.2, -0.15) is 0 Å². The number of rotatable bonds is 33. The molecule has 6 amide bonds. The highest BCUT2D eigenvalue weighted by Gasteiger charge is 2.67. The van der Waals surface area contributed by atoms with Gasteiger partial charge in [-0.15, -0.1) is 6.58 Å². The van der Waals surface area contributed by atoms with Gasteiger partial charge in [0, 0.05) is 139 Å². The molecule has 0 aromatic rings. The summed E-state index contributed by atoms with van der Waals surface area (Å²) in [5.74, 6) is -7.06. The van der Waals surface area contributed by atoms with Crippen LogP contribution in [0.25, 0.3) is 0 Å². The van der Waals surface area contributed by atoms with Crippen molar-refractivity contribution in [2.45, 2.75) is 228 Å². The monoisotopic (exact) mass is 1970 g/mol. The Kier molecular flexibility index (Phi) is 33.6. The first-order valence-corrected chi connectivity index (χ1v) is 50.7. The molecule has 39 nitrogen and oxygen atoms in total. The van der Waals surface area contributed by atoms with Gasteiger partial charge in [0.2, 0.25) is 35.4 Å². The number of aliphatic hydroxyl groups is 6. The van der Waals surface area contributed by atoms with Crippen molar-refractivity contribution in [3.05, 3.63) is 105 Å². The van der Waals surface area contributed by atoms with Crippen LogP contribution in [-0.2, 0) is 57.5 Å². The van der Waals surface area contributed by atoms with Gasteiger partial charge in [0.05, 0.1) is 114 Å². The van der Waals surface area contributed by atoms with Crippen LogP contribution in [0.1, 0.15) is 155 Å². The number of carboxylic acid groups (broad SMARTS) is 6. The second-order valence-electron chi connectivity index (χ2n) is 43.8. The highest BCUT2D eigenvalue weighted by atomic mass is 16.4. The normalized spacial score (nSPS) is 33.9. The van der Waals surface area contributed by atoms with Crippen molar-refractivity contribution < 1.29 is 119 Å². The molecule has 17 N–H and O–H groups in total. The molecule has 12 unspecified atom stereocenters. The molecular weight excluding hydrogens is 1820 g/mol. The Labute approximate surface area is 825 Å². The Morgan fingerprint density at radius 1 is 0.348 bits per heavy atom. The molecule has 18 aliphatic rings. The number of carbonyl (C=O) groups is 12. The number of aliphatic hydroxyl groups excluding tert-OH is 6. The maximum Gasteiger partial charge on any atom is 0.352 e. The smallest absolute Gasteiger partial charge is 0.352 e. The van der Waals surface area contributed by atoms with Crippen LogP contribution in [0.15, 0.2) is 105 Å². The molecular formula is C102H153N15O24. The van der Waals surface area contributed by atoms with Crippen molar-refractivity contribution in [1.82, 2.24) is 64.1 Å². The highest BCUT2D eigenvalue weighted by Crippen LogP contribution is 2.55. The predicted octanol–water partition coefficient (Wildman–Crippen LogP) is 2.54. The van der Waals surface area contributed by atoms with E-state index in [1.54, 1.807) is 41.5 Å². The van der Waals surface area contributed by atoms with Gasteiger partial charge in [0.15, 0.2) is 0 Å². The van der Waals surface area contributed by atoms with Crippen LogP contribution in [0.2, 0.25) is 0 Å². The van der Waals surface area contributed by atoms with Crippen molar-refractivity contribution in [3.8, 4) is 0 Å². The van der Waals surface area contributed by atoms with Gasteiger partial charge in [-0.05, 0) is 182 Å². The molecule has 28 atom stereocenters.